The summed E-state index contributed by atoms with van der Waals surface area (Å²) >= 11 is 0. The molecule has 0 bridgehead atoms. The van der Waals surface area contributed by atoms with Crippen LogP contribution in [0.1, 0.15) is 32.3 Å². The van der Waals surface area contributed by atoms with Crippen molar-refractivity contribution in [3.63, 3.8) is 0 Å². The minimum absolute atomic E-state index is 0.192. The minimum atomic E-state index is 0.192. The zero-order valence-electron chi connectivity index (χ0n) is 22.5. The van der Waals surface area contributed by atoms with Gasteiger partial charge in [-0.15, -0.1) is 0 Å². The van der Waals surface area contributed by atoms with Crippen molar-refractivity contribution in [2.24, 2.45) is 0 Å². The Morgan fingerprint density at radius 3 is 2.92 bits per heavy atom. The third-order valence-electron chi connectivity index (χ3n) is 8.19. The number of aromatic nitrogens is 1. The van der Waals surface area contributed by atoms with Gasteiger partial charge in [0.1, 0.15) is 6.07 Å². The number of morpholine rings is 1. The summed E-state index contributed by atoms with van der Waals surface area (Å²) in [7, 11) is 0. The topological polar surface area (TPSA) is 76.5 Å². The molecule has 3 aliphatic rings. The molecule has 3 aliphatic heterocycles. The molecule has 0 amide bonds. The average Bonchev–Trinajstić information content (AvgIpc) is 2.94. The van der Waals surface area contributed by atoms with Gasteiger partial charge in [0, 0.05) is 73.8 Å². The Balaban J connectivity index is 1.14. The number of nitrogens with zero attached hydrogens (tertiary/aromatic N) is 4. The van der Waals surface area contributed by atoms with Crippen LogP contribution in [0.4, 0.5) is 11.4 Å². The molecule has 2 aromatic carbocycles. The summed E-state index contributed by atoms with van der Waals surface area (Å²) in [5.41, 5.74) is 4.77. The predicted octanol–water partition coefficient (Wildman–Crippen LogP) is 3.79. The molecule has 37 heavy (non-hydrogen) atoms. The maximum atomic E-state index is 9.58. The van der Waals surface area contributed by atoms with Crippen LogP contribution < -0.4 is 15.5 Å². The zero-order chi connectivity index (χ0) is 26.1. The number of hydrogen-bond donors (Lipinski definition) is 2. The number of piperazine rings is 1. The molecular weight excluding hydrogens is 460 g/mol. The van der Waals surface area contributed by atoms with E-state index in [1.165, 1.54) is 11.3 Å². The maximum Gasteiger partial charge on any atom is 0.101 e. The van der Waals surface area contributed by atoms with Gasteiger partial charge in [0.25, 0.3) is 0 Å². The van der Waals surface area contributed by atoms with Gasteiger partial charge in [-0.2, -0.15) is 5.26 Å². The molecule has 4 atom stereocenters. The van der Waals surface area contributed by atoms with E-state index in [4.69, 9.17) is 6.11 Å². The highest BCUT2D eigenvalue weighted by molar-refractivity contribution is 5.95. The fourth-order valence-electron chi connectivity index (χ4n) is 6.37. The number of rotatable bonds is 5. The van der Waals surface area contributed by atoms with E-state index < -0.39 is 0 Å². The van der Waals surface area contributed by atoms with Gasteiger partial charge in [-0.25, -0.2) is 0 Å². The van der Waals surface area contributed by atoms with Gasteiger partial charge in [-0.05, 0) is 68.1 Å². The van der Waals surface area contributed by atoms with Crippen molar-refractivity contribution in [1.29, 1.82) is 5.26 Å². The van der Waals surface area contributed by atoms with E-state index in [1.807, 2.05) is 12.1 Å². The van der Waals surface area contributed by atoms with Crippen molar-refractivity contribution in [1.82, 2.24) is 15.2 Å². The second kappa shape index (κ2) is 10.7. The fraction of sp³-hybridized carbons (Fsp3) is 0.467. The van der Waals surface area contributed by atoms with Crippen molar-refractivity contribution < 1.29 is 6.11 Å². The summed E-state index contributed by atoms with van der Waals surface area (Å²) in [5.74, 6) is 0. The van der Waals surface area contributed by atoms with Crippen molar-refractivity contribution in [3.8, 4) is 6.07 Å². The van der Waals surface area contributed by atoms with Gasteiger partial charge in [0.05, 0.1) is 25.2 Å². The first-order valence-electron chi connectivity index (χ1n) is 14.1. The third-order valence-corrected chi connectivity index (χ3v) is 8.19. The first-order valence-corrected chi connectivity index (χ1v) is 13.6. The molecule has 3 saturated heterocycles. The fourth-order valence-corrected chi connectivity index (χ4v) is 6.37. The molecule has 0 spiro atoms. The number of nitriles is 1. The standard InChI is InChI=1S/C30H36N6O/c1-21-19-35(29-9-6-23(17-31)30-28(29)3-2-11-33-30)20-26-16-25(10-13-36(21)26)34-24-7-4-22(5-8-24)15-27-18-32-12-14-37-27/h2-9,11,21,25-27,32,34H,10,12-16,18-20H2,1H3/t21-,25?,26+,27+/m1/s1/i11D. The quantitative estimate of drug-likeness (QED) is 0.555. The lowest BCUT2D eigenvalue weighted by molar-refractivity contribution is 0.0292. The Kier molecular flexibility index (Phi) is 6.62. The number of hydrogen-bond acceptors (Lipinski definition) is 7. The summed E-state index contributed by atoms with van der Waals surface area (Å²) < 4.78 is 13.8. The van der Waals surface area contributed by atoms with E-state index in [0.717, 1.165) is 69.7 Å². The molecule has 7 nitrogen and oxygen atoms in total. The van der Waals surface area contributed by atoms with Gasteiger partial charge in [-0.1, -0.05) is 12.1 Å². The van der Waals surface area contributed by atoms with Crippen LogP contribution in [-0.4, -0.2) is 73.4 Å². The number of anilines is 2. The highest BCUT2D eigenvalue weighted by Crippen LogP contribution is 2.34. The number of benzene rings is 2. The molecule has 3 aromatic rings. The number of pyridine rings is 1. The van der Waals surface area contributed by atoms with Gasteiger partial charge in [0.15, 0.2) is 0 Å². The van der Waals surface area contributed by atoms with Crippen molar-refractivity contribution >= 4 is 22.3 Å². The Labute approximate surface area is 220 Å². The Morgan fingerprint density at radius 2 is 2.11 bits per heavy atom. The molecular formula is C30H36N6O. The first-order chi connectivity index (χ1) is 18.6. The van der Waals surface area contributed by atoms with Crippen molar-refractivity contribution in [2.75, 3.05) is 49.5 Å². The van der Waals surface area contributed by atoms with Crippen LogP contribution in [0, 0.1) is 11.3 Å². The summed E-state index contributed by atoms with van der Waals surface area (Å²) in [5, 5.41) is 17.8. The largest absolute Gasteiger partial charge is 0.382 e. The van der Waals surface area contributed by atoms with Crippen LogP contribution >= 0.6 is 0 Å². The highest BCUT2D eigenvalue weighted by atomic mass is 16.5. The van der Waals surface area contributed by atoms with Crippen LogP contribution in [0.3, 0.4) is 0 Å². The summed E-state index contributed by atoms with van der Waals surface area (Å²) in [6.45, 7) is 7.98. The maximum absolute atomic E-state index is 9.58. The van der Waals surface area contributed by atoms with Crippen LogP contribution in [0.25, 0.3) is 10.9 Å². The number of fused-ring (bicyclic) bond motifs is 2. The van der Waals surface area contributed by atoms with E-state index in [-0.39, 0.29) is 12.3 Å². The third kappa shape index (κ3) is 5.15. The zero-order valence-corrected chi connectivity index (χ0v) is 21.5. The lowest BCUT2D eigenvalue weighted by atomic mass is 9.91. The van der Waals surface area contributed by atoms with Crippen LogP contribution in [0.2, 0.25) is 0 Å². The van der Waals surface area contributed by atoms with Crippen molar-refractivity contribution in [2.45, 2.75) is 50.4 Å². The predicted molar refractivity (Wildman–Crippen MR) is 148 cm³/mol. The van der Waals surface area contributed by atoms with Crippen LogP contribution in [0.5, 0.6) is 0 Å². The molecule has 0 radical (unpaired) electrons. The van der Waals surface area contributed by atoms with Crippen molar-refractivity contribution in [3.05, 3.63) is 65.8 Å². The molecule has 1 unspecified atom stereocenters. The number of piperidine rings is 1. The lowest BCUT2D eigenvalue weighted by Gasteiger charge is -2.50. The van der Waals surface area contributed by atoms with E-state index in [9.17, 15) is 5.26 Å². The Hall–Kier alpha value is -3.18. The molecule has 7 heteroatoms. The van der Waals surface area contributed by atoms with Gasteiger partial charge < -0.3 is 20.3 Å². The summed E-state index contributed by atoms with van der Waals surface area (Å²) in [4.78, 5) is 9.51. The SMILES string of the molecule is [2H]c1ccc2c(N3C[C@@H]4CC(Nc5ccc(C[C@H]6CNCCO6)cc5)CCN4[C@H](C)C3)ccc(C#N)c2n1. The number of ether oxygens (including phenoxy) is 1. The molecule has 0 aliphatic carbocycles. The van der Waals surface area contributed by atoms with Crippen LogP contribution in [0.15, 0.2) is 54.7 Å². The Morgan fingerprint density at radius 1 is 1.22 bits per heavy atom. The summed E-state index contributed by atoms with van der Waals surface area (Å²) in [6, 6.07) is 20.0. The number of nitrogens with one attached hydrogen (secondary N) is 2. The second-order valence-corrected chi connectivity index (χ2v) is 10.7. The normalized spacial score (nSPS) is 26.8. The molecule has 0 saturated carbocycles. The van der Waals surface area contributed by atoms with E-state index in [0.29, 0.717) is 29.2 Å². The molecule has 2 N–H and O–H groups in total. The minimum Gasteiger partial charge on any atom is -0.382 e. The average molecular weight is 498 g/mol. The molecule has 4 heterocycles. The van der Waals surface area contributed by atoms with E-state index in [1.54, 1.807) is 6.07 Å². The monoisotopic (exact) mass is 497 g/mol. The Bertz CT molecular complexity index is 1320. The lowest BCUT2D eigenvalue weighted by Crippen LogP contribution is -2.61. The van der Waals surface area contributed by atoms with Crippen LogP contribution in [-0.2, 0) is 11.2 Å². The molecule has 1 aromatic heterocycles. The van der Waals surface area contributed by atoms with Gasteiger partial charge in [-0.3, -0.25) is 9.88 Å². The van der Waals surface area contributed by atoms with E-state index >= 15 is 0 Å². The highest BCUT2D eigenvalue weighted by Gasteiger charge is 2.37. The van der Waals surface area contributed by atoms with Gasteiger partial charge >= 0.3 is 0 Å². The molecule has 6 rings (SSSR count). The smallest absolute Gasteiger partial charge is 0.101 e. The first kappa shape index (κ1) is 23.0. The van der Waals surface area contributed by atoms with E-state index in [2.05, 4.69) is 68.7 Å². The molecule has 192 valence electrons. The second-order valence-electron chi connectivity index (χ2n) is 10.7. The van der Waals surface area contributed by atoms with Gasteiger partial charge in [0.2, 0.25) is 0 Å². The summed E-state index contributed by atoms with van der Waals surface area (Å²) in [6.07, 6.45) is 3.64. The molecule has 3 fully saturated rings.